The summed E-state index contributed by atoms with van der Waals surface area (Å²) < 4.78 is 29.5. The summed E-state index contributed by atoms with van der Waals surface area (Å²) in [4.78, 5) is 6.20. The highest BCUT2D eigenvalue weighted by Crippen LogP contribution is 2.20. The number of rotatable bonds is 7. The molecule has 0 aliphatic carbocycles. The van der Waals surface area contributed by atoms with Gasteiger partial charge in [-0.3, -0.25) is 4.99 Å². The Labute approximate surface area is 152 Å². The van der Waals surface area contributed by atoms with Crippen LogP contribution in [0.1, 0.15) is 11.1 Å². The average molecular weight is 362 g/mol. The monoisotopic (exact) mass is 362 g/mol. The second kappa shape index (κ2) is 9.60. The predicted molar refractivity (Wildman–Crippen MR) is 101 cm³/mol. The number of ether oxygens (including phenoxy) is 1. The lowest BCUT2D eigenvalue weighted by Crippen LogP contribution is -2.36. The molecule has 0 saturated carbocycles. The molecule has 0 fully saturated rings. The van der Waals surface area contributed by atoms with E-state index in [9.17, 15) is 8.78 Å². The van der Waals surface area contributed by atoms with Gasteiger partial charge >= 0.3 is 6.61 Å². The Morgan fingerprint density at radius 2 is 1.81 bits per heavy atom. The highest BCUT2D eigenvalue weighted by molar-refractivity contribution is 5.79. The minimum absolute atomic E-state index is 0.157. The van der Waals surface area contributed by atoms with Crippen LogP contribution < -0.4 is 20.3 Å². The fourth-order valence-corrected chi connectivity index (χ4v) is 2.39. The van der Waals surface area contributed by atoms with Crippen molar-refractivity contribution in [1.82, 2.24) is 10.6 Å². The third-order valence-corrected chi connectivity index (χ3v) is 3.75. The van der Waals surface area contributed by atoms with Gasteiger partial charge in [0.2, 0.25) is 0 Å². The van der Waals surface area contributed by atoms with E-state index in [-0.39, 0.29) is 5.75 Å². The number of hydrogen-bond acceptors (Lipinski definition) is 3. The van der Waals surface area contributed by atoms with Crippen LogP contribution in [0.15, 0.2) is 53.5 Å². The minimum atomic E-state index is -2.85. The predicted octanol–water partition coefficient (Wildman–Crippen LogP) is 3.22. The molecular formula is C19H24F2N4O. The van der Waals surface area contributed by atoms with Gasteiger partial charge in [0, 0.05) is 45.5 Å². The molecule has 5 nitrogen and oxygen atoms in total. The summed E-state index contributed by atoms with van der Waals surface area (Å²) in [6.45, 7) is -1.94. The molecule has 2 aromatic rings. The lowest BCUT2D eigenvalue weighted by atomic mass is 10.2. The molecule has 0 heterocycles. The van der Waals surface area contributed by atoms with Crippen LogP contribution in [0.2, 0.25) is 0 Å². The zero-order valence-electron chi connectivity index (χ0n) is 15.2. The summed E-state index contributed by atoms with van der Waals surface area (Å²) in [5, 5.41) is 6.32. The number of alkyl halides is 2. The van der Waals surface area contributed by atoms with E-state index in [1.54, 1.807) is 25.2 Å². The van der Waals surface area contributed by atoms with E-state index in [2.05, 4.69) is 26.4 Å². The maximum absolute atomic E-state index is 12.5. The molecule has 2 aromatic carbocycles. The van der Waals surface area contributed by atoms with Gasteiger partial charge in [-0.2, -0.15) is 8.78 Å². The molecule has 0 spiro atoms. The highest BCUT2D eigenvalue weighted by atomic mass is 19.3. The quantitative estimate of drug-likeness (QED) is 0.587. The lowest BCUT2D eigenvalue weighted by molar-refractivity contribution is -0.0504. The zero-order chi connectivity index (χ0) is 18.9. The first-order valence-corrected chi connectivity index (χ1v) is 8.23. The number of halogens is 2. The third-order valence-electron chi connectivity index (χ3n) is 3.75. The Kier molecular flexibility index (Phi) is 7.20. The van der Waals surface area contributed by atoms with Crippen LogP contribution >= 0.6 is 0 Å². The Bertz CT molecular complexity index is 735. The van der Waals surface area contributed by atoms with Crippen molar-refractivity contribution in [3.63, 3.8) is 0 Å². The third kappa shape index (κ3) is 5.91. The molecule has 0 aromatic heterocycles. The SMILES string of the molecule is CN=C(NCc1cccc(N(C)C)c1)NCc1ccccc1OC(F)F. The maximum Gasteiger partial charge on any atom is 0.387 e. The molecule has 0 aliphatic heterocycles. The van der Waals surface area contributed by atoms with Crippen LogP contribution in [-0.4, -0.2) is 33.7 Å². The van der Waals surface area contributed by atoms with Gasteiger partial charge in [0.05, 0.1) is 0 Å². The first kappa shape index (κ1) is 19.5. The molecule has 140 valence electrons. The van der Waals surface area contributed by atoms with E-state index < -0.39 is 6.61 Å². The second-order valence-electron chi connectivity index (χ2n) is 5.83. The number of guanidine groups is 1. The standard InChI is InChI=1S/C19H24F2N4O/c1-22-19(23-12-14-7-6-9-16(11-14)25(2)3)24-13-15-8-4-5-10-17(15)26-18(20)21/h4-11,18H,12-13H2,1-3H3,(H2,22,23,24). The Balaban J connectivity index is 1.94. The van der Waals surface area contributed by atoms with Gasteiger partial charge < -0.3 is 20.3 Å². The molecule has 0 unspecified atom stereocenters. The molecule has 0 bridgehead atoms. The molecule has 7 heteroatoms. The second-order valence-corrected chi connectivity index (χ2v) is 5.83. The topological polar surface area (TPSA) is 48.9 Å². The lowest BCUT2D eigenvalue weighted by Gasteiger charge is -2.16. The summed E-state index contributed by atoms with van der Waals surface area (Å²) in [6, 6.07) is 14.8. The van der Waals surface area contributed by atoms with Gasteiger partial charge in [0.1, 0.15) is 5.75 Å². The van der Waals surface area contributed by atoms with Crippen molar-refractivity contribution in [3.8, 4) is 5.75 Å². The highest BCUT2D eigenvalue weighted by Gasteiger charge is 2.09. The summed E-state index contributed by atoms with van der Waals surface area (Å²) >= 11 is 0. The number of benzene rings is 2. The van der Waals surface area contributed by atoms with Crippen LogP contribution in [0.4, 0.5) is 14.5 Å². The largest absolute Gasteiger partial charge is 0.434 e. The number of nitrogens with one attached hydrogen (secondary N) is 2. The Hall–Kier alpha value is -2.83. The fourth-order valence-electron chi connectivity index (χ4n) is 2.39. The van der Waals surface area contributed by atoms with Crippen LogP contribution in [0, 0.1) is 0 Å². The van der Waals surface area contributed by atoms with Crippen LogP contribution in [-0.2, 0) is 13.1 Å². The molecule has 0 radical (unpaired) electrons. The van der Waals surface area contributed by atoms with Gasteiger partial charge in [-0.05, 0) is 23.8 Å². The zero-order valence-corrected chi connectivity index (χ0v) is 15.2. The number of hydrogen-bond donors (Lipinski definition) is 2. The van der Waals surface area contributed by atoms with Crippen molar-refractivity contribution in [2.24, 2.45) is 4.99 Å². The van der Waals surface area contributed by atoms with Gasteiger partial charge in [-0.15, -0.1) is 0 Å². The van der Waals surface area contributed by atoms with Gasteiger partial charge in [0.15, 0.2) is 5.96 Å². The van der Waals surface area contributed by atoms with Gasteiger partial charge in [-0.25, -0.2) is 0 Å². The Morgan fingerprint density at radius 1 is 1.08 bits per heavy atom. The number of para-hydroxylation sites is 1. The summed E-state index contributed by atoms with van der Waals surface area (Å²) in [6.07, 6.45) is 0. The molecule has 0 amide bonds. The number of anilines is 1. The van der Waals surface area contributed by atoms with Crippen LogP contribution in [0.5, 0.6) is 5.75 Å². The molecule has 0 aliphatic rings. The van der Waals surface area contributed by atoms with Crippen molar-refractivity contribution in [2.75, 3.05) is 26.0 Å². The fraction of sp³-hybridized carbons (Fsp3) is 0.316. The summed E-state index contributed by atoms with van der Waals surface area (Å²) in [5.41, 5.74) is 2.86. The van der Waals surface area contributed by atoms with E-state index in [4.69, 9.17) is 0 Å². The van der Waals surface area contributed by atoms with Gasteiger partial charge in [-0.1, -0.05) is 30.3 Å². The minimum Gasteiger partial charge on any atom is -0.434 e. The Morgan fingerprint density at radius 3 is 2.50 bits per heavy atom. The molecule has 2 rings (SSSR count). The van der Waals surface area contributed by atoms with E-state index in [1.807, 2.05) is 37.2 Å². The van der Waals surface area contributed by atoms with Crippen molar-refractivity contribution in [3.05, 3.63) is 59.7 Å². The van der Waals surface area contributed by atoms with Crippen molar-refractivity contribution in [1.29, 1.82) is 0 Å². The van der Waals surface area contributed by atoms with E-state index in [0.29, 0.717) is 24.6 Å². The summed E-state index contributed by atoms with van der Waals surface area (Å²) in [5.74, 6) is 0.733. The molecular weight excluding hydrogens is 338 g/mol. The summed E-state index contributed by atoms with van der Waals surface area (Å²) in [7, 11) is 5.64. The van der Waals surface area contributed by atoms with E-state index >= 15 is 0 Å². The first-order valence-electron chi connectivity index (χ1n) is 8.23. The normalized spacial score (nSPS) is 11.4. The first-order chi connectivity index (χ1) is 12.5. The van der Waals surface area contributed by atoms with E-state index in [1.165, 1.54) is 6.07 Å². The van der Waals surface area contributed by atoms with Gasteiger partial charge in [0.25, 0.3) is 0 Å². The maximum atomic E-state index is 12.5. The van der Waals surface area contributed by atoms with Crippen molar-refractivity contribution in [2.45, 2.75) is 19.7 Å². The van der Waals surface area contributed by atoms with Crippen LogP contribution in [0.25, 0.3) is 0 Å². The smallest absolute Gasteiger partial charge is 0.387 e. The average Bonchev–Trinajstić information content (AvgIpc) is 2.63. The molecule has 26 heavy (non-hydrogen) atoms. The van der Waals surface area contributed by atoms with E-state index in [0.717, 1.165) is 11.3 Å². The number of nitrogens with zero attached hydrogens (tertiary/aromatic N) is 2. The molecule has 0 atom stereocenters. The molecule has 2 N–H and O–H groups in total. The van der Waals surface area contributed by atoms with Crippen LogP contribution in [0.3, 0.4) is 0 Å². The molecule has 0 saturated heterocycles. The number of aliphatic imine (C=N–C) groups is 1. The van der Waals surface area contributed by atoms with Crippen molar-refractivity contribution < 1.29 is 13.5 Å². The van der Waals surface area contributed by atoms with Crippen molar-refractivity contribution >= 4 is 11.6 Å².